The summed E-state index contributed by atoms with van der Waals surface area (Å²) in [7, 11) is 0. The molecule has 108 valence electrons. The Morgan fingerprint density at radius 2 is 1.90 bits per heavy atom. The highest BCUT2D eigenvalue weighted by atomic mass is 79.9. The van der Waals surface area contributed by atoms with E-state index in [1.807, 2.05) is 36.4 Å². The average Bonchev–Trinajstić information content (AvgIpc) is 2.86. The summed E-state index contributed by atoms with van der Waals surface area (Å²) in [6.07, 6.45) is 0. The van der Waals surface area contributed by atoms with E-state index in [0.717, 1.165) is 31.2 Å². The fraction of sp³-hybridized carbons (Fsp3) is 0.125. The van der Waals surface area contributed by atoms with Gasteiger partial charge in [-0.3, -0.25) is 5.84 Å². The van der Waals surface area contributed by atoms with E-state index in [1.54, 1.807) is 0 Å². The SMILES string of the molecule is Cc1ccc2oc(C(NN)c3cc(Br)ccc3Br)cc2c1. The maximum atomic E-state index is 5.95. The molecule has 0 saturated heterocycles. The monoisotopic (exact) mass is 408 g/mol. The van der Waals surface area contributed by atoms with Crippen LogP contribution in [-0.4, -0.2) is 0 Å². The van der Waals surface area contributed by atoms with Crippen molar-refractivity contribution in [2.45, 2.75) is 13.0 Å². The Labute approximate surface area is 139 Å². The summed E-state index contributed by atoms with van der Waals surface area (Å²) >= 11 is 7.06. The lowest BCUT2D eigenvalue weighted by Gasteiger charge is -2.15. The van der Waals surface area contributed by atoms with E-state index in [9.17, 15) is 0 Å². The molecule has 3 nitrogen and oxygen atoms in total. The third-order valence-electron chi connectivity index (χ3n) is 3.41. The van der Waals surface area contributed by atoms with Gasteiger partial charge in [-0.2, -0.15) is 0 Å². The molecule has 0 amide bonds. The second kappa shape index (κ2) is 5.93. The largest absolute Gasteiger partial charge is 0.459 e. The van der Waals surface area contributed by atoms with E-state index in [-0.39, 0.29) is 6.04 Å². The number of hydrazine groups is 1. The van der Waals surface area contributed by atoms with Gasteiger partial charge >= 0.3 is 0 Å². The van der Waals surface area contributed by atoms with Gasteiger partial charge in [0, 0.05) is 14.3 Å². The highest BCUT2D eigenvalue weighted by Crippen LogP contribution is 2.33. The predicted molar refractivity (Wildman–Crippen MR) is 92.0 cm³/mol. The van der Waals surface area contributed by atoms with Crippen LogP contribution in [0.25, 0.3) is 11.0 Å². The first-order valence-electron chi connectivity index (χ1n) is 6.49. The maximum Gasteiger partial charge on any atom is 0.134 e. The lowest BCUT2D eigenvalue weighted by Crippen LogP contribution is -2.28. The molecule has 2 aromatic carbocycles. The van der Waals surface area contributed by atoms with Crippen LogP contribution >= 0.6 is 31.9 Å². The topological polar surface area (TPSA) is 51.2 Å². The molecule has 1 aromatic heterocycles. The van der Waals surface area contributed by atoms with Crippen molar-refractivity contribution in [3.05, 3.63) is 68.3 Å². The number of hydrogen-bond donors (Lipinski definition) is 2. The smallest absolute Gasteiger partial charge is 0.134 e. The zero-order chi connectivity index (χ0) is 15.0. The third-order valence-corrected chi connectivity index (χ3v) is 4.63. The van der Waals surface area contributed by atoms with Gasteiger partial charge in [0.15, 0.2) is 0 Å². The number of fused-ring (bicyclic) bond motifs is 1. The van der Waals surface area contributed by atoms with Crippen LogP contribution in [0.5, 0.6) is 0 Å². The average molecular weight is 410 g/mol. The van der Waals surface area contributed by atoms with E-state index in [0.29, 0.717) is 0 Å². The molecule has 0 fully saturated rings. The third kappa shape index (κ3) is 2.92. The minimum absolute atomic E-state index is 0.218. The van der Waals surface area contributed by atoms with Gasteiger partial charge in [0.25, 0.3) is 0 Å². The molecule has 0 bridgehead atoms. The highest BCUT2D eigenvalue weighted by Gasteiger charge is 2.20. The molecule has 5 heteroatoms. The van der Waals surface area contributed by atoms with Crippen LogP contribution in [0.2, 0.25) is 0 Å². The quantitative estimate of drug-likeness (QED) is 0.481. The molecule has 3 aromatic rings. The van der Waals surface area contributed by atoms with Gasteiger partial charge in [0.2, 0.25) is 0 Å². The number of rotatable bonds is 3. The highest BCUT2D eigenvalue weighted by molar-refractivity contribution is 9.11. The fourth-order valence-electron chi connectivity index (χ4n) is 2.39. The molecule has 3 rings (SSSR count). The van der Waals surface area contributed by atoms with E-state index < -0.39 is 0 Å². The maximum absolute atomic E-state index is 5.95. The summed E-state index contributed by atoms with van der Waals surface area (Å²) in [4.78, 5) is 0. The van der Waals surface area contributed by atoms with Crippen LogP contribution in [0.15, 0.2) is 55.8 Å². The molecule has 0 aliphatic heterocycles. The normalized spacial score (nSPS) is 12.8. The van der Waals surface area contributed by atoms with Crippen LogP contribution in [0.3, 0.4) is 0 Å². The Bertz CT molecular complexity index is 798. The molecule has 1 heterocycles. The number of halogens is 2. The van der Waals surface area contributed by atoms with Crippen molar-refractivity contribution in [1.82, 2.24) is 5.43 Å². The number of nitrogens with two attached hydrogens (primary N) is 1. The van der Waals surface area contributed by atoms with Crippen molar-refractivity contribution < 1.29 is 4.42 Å². The van der Waals surface area contributed by atoms with Crippen molar-refractivity contribution in [3.8, 4) is 0 Å². The minimum Gasteiger partial charge on any atom is -0.459 e. The summed E-state index contributed by atoms with van der Waals surface area (Å²) < 4.78 is 7.92. The number of nitrogens with one attached hydrogen (secondary N) is 1. The molecule has 0 aliphatic rings. The summed E-state index contributed by atoms with van der Waals surface area (Å²) in [6.45, 7) is 2.07. The van der Waals surface area contributed by atoms with Crippen LogP contribution in [0.1, 0.15) is 22.9 Å². The van der Waals surface area contributed by atoms with Crippen molar-refractivity contribution in [3.63, 3.8) is 0 Å². The fourth-order valence-corrected chi connectivity index (χ4v) is 3.24. The van der Waals surface area contributed by atoms with Crippen LogP contribution in [0.4, 0.5) is 0 Å². The first-order chi connectivity index (χ1) is 10.1. The van der Waals surface area contributed by atoms with Crippen molar-refractivity contribution in [1.29, 1.82) is 0 Å². The summed E-state index contributed by atoms with van der Waals surface area (Å²) in [5.41, 5.74) is 5.92. The first kappa shape index (κ1) is 14.8. The van der Waals surface area contributed by atoms with E-state index in [2.05, 4.69) is 50.3 Å². The van der Waals surface area contributed by atoms with E-state index in [1.165, 1.54) is 5.56 Å². The predicted octanol–water partition coefficient (Wildman–Crippen LogP) is 4.82. The van der Waals surface area contributed by atoms with Gasteiger partial charge in [0.05, 0.1) is 0 Å². The van der Waals surface area contributed by atoms with E-state index >= 15 is 0 Å². The zero-order valence-electron chi connectivity index (χ0n) is 11.4. The van der Waals surface area contributed by atoms with Gasteiger partial charge in [-0.25, -0.2) is 5.43 Å². The summed E-state index contributed by atoms with van der Waals surface area (Å²) in [5.74, 6) is 6.55. The molecule has 0 aliphatic carbocycles. The Kier molecular flexibility index (Phi) is 4.17. The van der Waals surface area contributed by atoms with Gasteiger partial charge in [0.1, 0.15) is 17.4 Å². The Morgan fingerprint density at radius 3 is 2.67 bits per heavy atom. The molecule has 21 heavy (non-hydrogen) atoms. The standard InChI is InChI=1S/C16H14Br2N2O/c1-9-2-5-14-10(6-9)7-15(21-14)16(20-19)12-8-11(17)3-4-13(12)18/h2-8,16,20H,19H2,1H3. The van der Waals surface area contributed by atoms with Crippen molar-refractivity contribution in [2.24, 2.45) is 5.84 Å². The second-order valence-electron chi connectivity index (χ2n) is 4.96. The lowest BCUT2D eigenvalue weighted by atomic mass is 10.0. The molecular weight excluding hydrogens is 396 g/mol. The molecule has 1 unspecified atom stereocenters. The summed E-state index contributed by atoms with van der Waals surface area (Å²) in [6, 6.07) is 13.9. The Balaban J connectivity index is 2.11. The van der Waals surface area contributed by atoms with E-state index in [4.69, 9.17) is 10.3 Å². The summed E-state index contributed by atoms with van der Waals surface area (Å²) in [5, 5.41) is 1.08. The second-order valence-corrected chi connectivity index (χ2v) is 6.73. The Morgan fingerprint density at radius 1 is 1.10 bits per heavy atom. The van der Waals surface area contributed by atoms with Crippen LogP contribution < -0.4 is 11.3 Å². The van der Waals surface area contributed by atoms with Gasteiger partial charge in [-0.1, -0.05) is 43.5 Å². The van der Waals surface area contributed by atoms with Crippen molar-refractivity contribution >= 4 is 42.8 Å². The lowest BCUT2D eigenvalue weighted by molar-refractivity contribution is 0.476. The van der Waals surface area contributed by atoms with Gasteiger partial charge < -0.3 is 4.42 Å². The number of hydrogen-bond acceptors (Lipinski definition) is 3. The molecule has 0 saturated carbocycles. The first-order valence-corrected chi connectivity index (χ1v) is 8.08. The van der Waals surface area contributed by atoms with Gasteiger partial charge in [-0.05, 0) is 48.9 Å². The molecular formula is C16H14Br2N2O. The molecule has 0 radical (unpaired) electrons. The zero-order valence-corrected chi connectivity index (χ0v) is 14.5. The Hall–Kier alpha value is -1.14. The minimum atomic E-state index is -0.218. The molecule has 0 spiro atoms. The van der Waals surface area contributed by atoms with Gasteiger partial charge in [-0.15, -0.1) is 0 Å². The van der Waals surface area contributed by atoms with Crippen LogP contribution in [0, 0.1) is 6.92 Å². The molecule has 3 N–H and O–H groups in total. The van der Waals surface area contributed by atoms with Crippen LogP contribution in [-0.2, 0) is 0 Å². The number of aryl methyl sites for hydroxylation is 1. The number of benzene rings is 2. The number of furan rings is 1. The van der Waals surface area contributed by atoms with Crippen molar-refractivity contribution in [2.75, 3.05) is 0 Å². The molecule has 1 atom stereocenters.